The van der Waals surface area contributed by atoms with E-state index in [0.29, 0.717) is 0 Å². The molecule has 0 aromatic rings. The minimum absolute atomic E-state index is 0.0646. The Morgan fingerprint density at radius 2 is 1.85 bits per heavy atom. The molecule has 7 heteroatoms. The third-order valence-electron chi connectivity index (χ3n) is 7.93. The van der Waals surface area contributed by atoms with E-state index in [4.69, 9.17) is 0 Å². The Balaban J connectivity index is 1.88. The van der Waals surface area contributed by atoms with Crippen molar-refractivity contribution in [2.45, 2.75) is 63.3 Å². The van der Waals surface area contributed by atoms with Crippen molar-refractivity contribution in [2.24, 2.45) is 22.7 Å². The molecule has 0 spiro atoms. The Kier molecular flexibility index (Phi) is 4.02. The first-order valence-corrected chi connectivity index (χ1v) is 9.42. The number of hydrogen-bond donors (Lipinski definition) is 3. The van der Waals surface area contributed by atoms with Gasteiger partial charge in [0.1, 0.15) is 12.8 Å². The highest BCUT2D eigenvalue weighted by molar-refractivity contribution is 6.06. The number of aliphatic hydroxyl groups excluding tert-OH is 3. The van der Waals surface area contributed by atoms with Crippen LogP contribution < -0.4 is 0 Å². The van der Waals surface area contributed by atoms with Crippen LogP contribution in [0, 0.1) is 22.7 Å². The zero-order chi connectivity index (χ0) is 19.9. The predicted molar refractivity (Wildman–Crippen MR) is 90.9 cm³/mol. The van der Waals surface area contributed by atoms with E-state index < -0.39 is 65.3 Å². The number of allylic oxidation sites excluding steroid dienone is 4. The molecule has 4 aliphatic carbocycles. The number of aliphatic hydroxyl groups is 3. The van der Waals surface area contributed by atoms with E-state index in [1.807, 2.05) is 0 Å². The summed E-state index contributed by atoms with van der Waals surface area (Å²) in [6, 6.07) is 0. The Bertz CT molecular complexity index is 752. The smallest absolute Gasteiger partial charge is 0.184 e. The van der Waals surface area contributed by atoms with Gasteiger partial charge in [0.2, 0.25) is 0 Å². The van der Waals surface area contributed by atoms with Crippen LogP contribution in [-0.2, 0) is 4.79 Å². The molecule has 27 heavy (non-hydrogen) atoms. The Morgan fingerprint density at radius 3 is 2.48 bits per heavy atom. The average Bonchev–Trinajstić information content (AvgIpc) is 2.83. The van der Waals surface area contributed by atoms with Gasteiger partial charge >= 0.3 is 0 Å². The van der Waals surface area contributed by atoms with Crippen LogP contribution in [0.4, 0.5) is 13.2 Å². The predicted octanol–water partition coefficient (Wildman–Crippen LogP) is 1.98. The number of alkyl halides is 3. The van der Waals surface area contributed by atoms with Crippen LogP contribution in [0.2, 0.25) is 0 Å². The van der Waals surface area contributed by atoms with Crippen molar-refractivity contribution < 1.29 is 33.3 Å². The molecule has 0 saturated heterocycles. The van der Waals surface area contributed by atoms with Gasteiger partial charge in [-0.05, 0) is 43.8 Å². The van der Waals surface area contributed by atoms with Crippen LogP contribution in [0.3, 0.4) is 0 Å². The van der Waals surface area contributed by atoms with Crippen molar-refractivity contribution >= 4 is 5.78 Å². The fraction of sp³-hybridized carbons (Fsp3) is 0.750. The summed E-state index contributed by atoms with van der Waals surface area (Å²) in [7, 11) is 0. The largest absolute Gasteiger partial charge is 0.390 e. The van der Waals surface area contributed by atoms with E-state index in [2.05, 4.69) is 0 Å². The summed E-state index contributed by atoms with van der Waals surface area (Å²) in [6.07, 6.45) is -3.47. The van der Waals surface area contributed by atoms with Gasteiger partial charge in [0.25, 0.3) is 0 Å². The monoisotopic (exact) mass is 386 g/mol. The second-order valence-corrected chi connectivity index (χ2v) is 9.13. The molecule has 150 valence electrons. The second-order valence-electron chi connectivity index (χ2n) is 9.13. The summed E-state index contributed by atoms with van der Waals surface area (Å²) < 4.78 is 45.1. The lowest BCUT2D eigenvalue weighted by molar-refractivity contribution is -0.207. The first-order chi connectivity index (χ1) is 12.5. The Hall–Kier alpha value is -1.18. The average molecular weight is 386 g/mol. The fourth-order valence-electron chi connectivity index (χ4n) is 6.47. The molecule has 9 atom stereocenters. The maximum atomic E-state index is 16.7. The maximum absolute atomic E-state index is 16.7. The zero-order valence-electron chi connectivity index (χ0n) is 15.3. The molecule has 0 radical (unpaired) electrons. The van der Waals surface area contributed by atoms with Gasteiger partial charge in [-0.3, -0.25) is 4.79 Å². The van der Waals surface area contributed by atoms with Crippen molar-refractivity contribution in [3.63, 3.8) is 0 Å². The molecule has 0 unspecified atom stereocenters. The van der Waals surface area contributed by atoms with Crippen molar-refractivity contribution in [1.82, 2.24) is 0 Å². The third kappa shape index (κ3) is 2.13. The molecule has 0 aromatic heterocycles. The summed E-state index contributed by atoms with van der Waals surface area (Å²) in [6.45, 7) is 2.01. The minimum atomic E-state index is -2.32. The normalized spacial score (nSPS) is 54.6. The van der Waals surface area contributed by atoms with Gasteiger partial charge in [-0.15, -0.1) is 0 Å². The number of halogens is 3. The topological polar surface area (TPSA) is 77.8 Å². The van der Waals surface area contributed by atoms with E-state index in [0.717, 1.165) is 12.2 Å². The van der Waals surface area contributed by atoms with Gasteiger partial charge in [0.15, 0.2) is 11.5 Å². The molecule has 4 nitrogen and oxygen atoms in total. The Morgan fingerprint density at radius 1 is 1.19 bits per heavy atom. The lowest BCUT2D eigenvalue weighted by Gasteiger charge is -2.62. The van der Waals surface area contributed by atoms with Crippen molar-refractivity contribution in [1.29, 1.82) is 0 Å². The lowest BCUT2D eigenvalue weighted by atomic mass is 9.45. The number of carbonyl (C=O) groups is 1. The summed E-state index contributed by atoms with van der Waals surface area (Å²) in [5.74, 6) is -2.18. The van der Waals surface area contributed by atoms with Crippen LogP contribution in [-0.4, -0.2) is 57.9 Å². The first-order valence-electron chi connectivity index (χ1n) is 9.42. The molecular weight excluding hydrogens is 361 g/mol. The number of fused-ring (bicyclic) bond motifs is 5. The SMILES string of the molecule is C[C@]12C[C@H](O)[C@@]3(F)[C@@H](C[C@H](F)C4=CC(=O)C(CF)=C[C@@]43C)[C@@H]1C[C@H](O)[C@@H]2O. The molecule has 4 aliphatic rings. The fourth-order valence-corrected chi connectivity index (χ4v) is 6.47. The number of hydrogen-bond acceptors (Lipinski definition) is 4. The van der Waals surface area contributed by atoms with Crippen LogP contribution in [0.1, 0.15) is 33.1 Å². The van der Waals surface area contributed by atoms with Gasteiger partial charge in [0.05, 0.1) is 18.3 Å². The van der Waals surface area contributed by atoms with Crippen LogP contribution in [0.5, 0.6) is 0 Å². The van der Waals surface area contributed by atoms with Gasteiger partial charge in [-0.1, -0.05) is 13.0 Å². The highest BCUT2D eigenvalue weighted by Gasteiger charge is 2.73. The van der Waals surface area contributed by atoms with Crippen LogP contribution in [0.25, 0.3) is 0 Å². The molecule has 3 fully saturated rings. The molecule has 0 bridgehead atoms. The van der Waals surface area contributed by atoms with Crippen molar-refractivity contribution in [2.75, 3.05) is 6.67 Å². The summed E-state index contributed by atoms with van der Waals surface area (Å²) in [4.78, 5) is 12.0. The van der Waals surface area contributed by atoms with E-state index in [1.54, 1.807) is 6.92 Å². The van der Waals surface area contributed by atoms with Crippen LogP contribution in [0.15, 0.2) is 23.3 Å². The van der Waals surface area contributed by atoms with Crippen LogP contribution >= 0.6 is 0 Å². The molecule has 3 N–H and O–H groups in total. The van der Waals surface area contributed by atoms with Gasteiger partial charge in [0, 0.05) is 22.3 Å². The Labute approximate surface area is 155 Å². The molecule has 0 heterocycles. The van der Waals surface area contributed by atoms with E-state index in [9.17, 15) is 24.5 Å². The highest BCUT2D eigenvalue weighted by atomic mass is 19.1. The molecule has 0 aliphatic heterocycles. The molecule has 0 amide bonds. The van der Waals surface area contributed by atoms with E-state index >= 15 is 8.78 Å². The zero-order valence-corrected chi connectivity index (χ0v) is 15.3. The van der Waals surface area contributed by atoms with Gasteiger partial charge < -0.3 is 15.3 Å². The summed E-state index contributed by atoms with van der Waals surface area (Å²) in [5, 5.41) is 31.5. The molecule has 0 aromatic carbocycles. The molecule has 4 rings (SSSR count). The number of rotatable bonds is 1. The number of ketones is 1. The number of carbonyl (C=O) groups excluding carboxylic acids is 1. The molecular formula is C20H25F3O4. The van der Waals surface area contributed by atoms with Gasteiger partial charge in [-0.2, -0.15) is 0 Å². The maximum Gasteiger partial charge on any atom is 0.184 e. The van der Waals surface area contributed by atoms with Crippen molar-refractivity contribution in [3.05, 3.63) is 23.3 Å². The minimum Gasteiger partial charge on any atom is -0.390 e. The molecule has 3 saturated carbocycles. The summed E-state index contributed by atoms with van der Waals surface area (Å²) >= 11 is 0. The third-order valence-corrected chi connectivity index (χ3v) is 7.93. The lowest BCUT2D eigenvalue weighted by Crippen LogP contribution is -2.68. The van der Waals surface area contributed by atoms with E-state index in [1.165, 1.54) is 6.92 Å². The van der Waals surface area contributed by atoms with E-state index in [-0.39, 0.29) is 30.4 Å². The first kappa shape index (κ1) is 19.2. The van der Waals surface area contributed by atoms with Crippen molar-refractivity contribution in [3.8, 4) is 0 Å². The standard InChI is InChI=1S/C20H25F3O4/c1-18-7-16(26)20(23)11(10(18)4-15(25)17(18)27)3-13(22)12-5-14(24)9(8-21)6-19(12,20)2/h5-6,10-11,13,15-17,25-27H,3-4,7-8H2,1-2H3/t10-,11-,13-,15-,16-,17-,18-,19-,20-/m0/s1. The summed E-state index contributed by atoms with van der Waals surface area (Å²) in [5.41, 5.74) is -5.23. The quantitative estimate of drug-likeness (QED) is 0.644. The van der Waals surface area contributed by atoms with Gasteiger partial charge in [-0.25, -0.2) is 13.2 Å². The second kappa shape index (κ2) is 5.67. The highest BCUT2D eigenvalue weighted by Crippen LogP contribution is 2.68.